The van der Waals surface area contributed by atoms with Crippen LogP contribution in [0.3, 0.4) is 0 Å². The number of rotatable bonds is 3. The van der Waals surface area contributed by atoms with Crippen molar-refractivity contribution in [2.75, 3.05) is 7.11 Å². The largest absolute Gasteiger partial charge is 0.481 e. The number of nitrogens with one attached hydrogen (secondary N) is 1. The summed E-state index contributed by atoms with van der Waals surface area (Å²) < 4.78 is 5.05. The molecule has 0 aliphatic rings. The van der Waals surface area contributed by atoms with E-state index in [0.29, 0.717) is 22.3 Å². The lowest BCUT2D eigenvalue weighted by molar-refractivity contribution is 0.103. The van der Waals surface area contributed by atoms with E-state index in [4.69, 9.17) is 4.74 Å². The molecule has 0 amide bonds. The second-order valence-corrected chi connectivity index (χ2v) is 5.69. The monoisotopic (exact) mass is 330 g/mol. The van der Waals surface area contributed by atoms with E-state index in [-0.39, 0.29) is 16.8 Å². The standard InChI is InChI=1S/C20H14N2O3/c1-25-18-9-17-15(10-22-18)20(24)16(11-21-17)19(23)14-7-6-12-4-2-3-5-13(12)8-14/h2-11H,1H3,(H,21,24). The molecule has 0 unspecified atom stereocenters. The summed E-state index contributed by atoms with van der Waals surface area (Å²) in [5.41, 5.74) is 0.800. The number of benzene rings is 2. The maximum Gasteiger partial charge on any atom is 0.215 e. The minimum atomic E-state index is -0.345. The predicted octanol–water partition coefficient (Wildman–Crippen LogP) is 3.32. The number of aromatic amines is 1. The van der Waals surface area contributed by atoms with Gasteiger partial charge in [0.1, 0.15) is 0 Å². The van der Waals surface area contributed by atoms with Crippen molar-refractivity contribution < 1.29 is 9.53 Å². The first-order valence-electron chi connectivity index (χ1n) is 7.76. The number of ketones is 1. The van der Waals surface area contributed by atoms with Crippen molar-refractivity contribution in [1.29, 1.82) is 0 Å². The second-order valence-electron chi connectivity index (χ2n) is 5.69. The molecule has 2 aromatic heterocycles. The number of ether oxygens (including phenoxy) is 1. The first-order valence-corrected chi connectivity index (χ1v) is 7.76. The molecule has 122 valence electrons. The van der Waals surface area contributed by atoms with Crippen LogP contribution in [0, 0.1) is 0 Å². The highest BCUT2D eigenvalue weighted by Gasteiger charge is 2.16. The van der Waals surface area contributed by atoms with Crippen molar-refractivity contribution in [2.24, 2.45) is 0 Å². The van der Waals surface area contributed by atoms with Crippen LogP contribution in [0.15, 0.2) is 65.7 Å². The molecule has 2 aromatic carbocycles. The molecule has 1 N–H and O–H groups in total. The van der Waals surface area contributed by atoms with Gasteiger partial charge >= 0.3 is 0 Å². The van der Waals surface area contributed by atoms with Crippen LogP contribution in [-0.2, 0) is 0 Å². The van der Waals surface area contributed by atoms with E-state index in [1.54, 1.807) is 18.2 Å². The van der Waals surface area contributed by atoms with Crippen molar-refractivity contribution in [3.8, 4) is 5.88 Å². The number of carbonyl (C=O) groups is 1. The summed E-state index contributed by atoms with van der Waals surface area (Å²) in [6, 6.07) is 14.8. The first kappa shape index (κ1) is 15.1. The zero-order chi connectivity index (χ0) is 17.4. The Morgan fingerprint density at radius 3 is 2.68 bits per heavy atom. The highest BCUT2D eigenvalue weighted by Crippen LogP contribution is 2.18. The van der Waals surface area contributed by atoms with Crippen LogP contribution < -0.4 is 10.2 Å². The summed E-state index contributed by atoms with van der Waals surface area (Å²) in [5.74, 6) is 0.0847. The lowest BCUT2D eigenvalue weighted by atomic mass is 10.00. The summed E-state index contributed by atoms with van der Waals surface area (Å²) in [6.45, 7) is 0. The topological polar surface area (TPSA) is 72.1 Å². The number of methoxy groups -OCH3 is 1. The Bertz CT molecular complexity index is 1180. The maximum atomic E-state index is 12.8. The minimum absolute atomic E-state index is 0.0924. The number of hydrogen-bond donors (Lipinski definition) is 1. The number of aromatic nitrogens is 2. The molecule has 0 radical (unpaired) electrons. The van der Waals surface area contributed by atoms with Gasteiger partial charge in [-0.05, 0) is 16.8 Å². The lowest BCUT2D eigenvalue weighted by Gasteiger charge is -2.05. The van der Waals surface area contributed by atoms with Gasteiger partial charge in [0.2, 0.25) is 11.3 Å². The Kier molecular flexibility index (Phi) is 3.54. The third-order valence-electron chi connectivity index (χ3n) is 4.21. The quantitative estimate of drug-likeness (QED) is 0.585. The molecule has 0 atom stereocenters. The molecule has 4 rings (SSSR count). The van der Waals surface area contributed by atoms with Crippen molar-refractivity contribution in [2.45, 2.75) is 0 Å². The van der Waals surface area contributed by atoms with Gasteiger partial charge in [-0.25, -0.2) is 4.98 Å². The normalized spacial score (nSPS) is 10.9. The van der Waals surface area contributed by atoms with E-state index in [9.17, 15) is 9.59 Å². The molecule has 5 nitrogen and oxygen atoms in total. The molecule has 0 bridgehead atoms. The Labute approximate surface area is 142 Å². The van der Waals surface area contributed by atoms with Crippen LogP contribution in [0.1, 0.15) is 15.9 Å². The van der Waals surface area contributed by atoms with Crippen molar-refractivity contribution in [3.63, 3.8) is 0 Å². The van der Waals surface area contributed by atoms with E-state index in [0.717, 1.165) is 10.8 Å². The smallest absolute Gasteiger partial charge is 0.215 e. The van der Waals surface area contributed by atoms with Gasteiger partial charge in [0.25, 0.3) is 0 Å². The Hall–Kier alpha value is -3.47. The van der Waals surface area contributed by atoms with Gasteiger partial charge < -0.3 is 9.72 Å². The van der Waals surface area contributed by atoms with Gasteiger partial charge in [-0.3, -0.25) is 9.59 Å². The molecule has 0 saturated carbocycles. The highest BCUT2D eigenvalue weighted by atomic mass is 16.5. The highest BCUT2D eigenvalue weighted by molar-refractivity contribution is 6.11. The van der Waals surface area contributed by atoms with Crippen molar-refractivity contribution in [1.82, 2.24) is 9.97 Å². The average molecular weight is 330 g/mol. The minimum Gasteiger partial charge on any atom is -0.481 e. The van der Waals surface area contributed by atoms with Gasteiger partial charge in [0, 0.05) is 24.0 Å². The van der Waals surface area contributed by atoms with Gasteiger partial charge in [-0.1, -0.05) is 36.4 Å². The molecular formula is C20H14N2O3. The van der Waals surface area contributed by atoms with Crippen molar-refractivity contribution >= 4 is 27.5 Å². The van der Waals surface area contributed by atoms with Crippen LogP contribution in [0.25, 0.3) is 21.7 Å². The van der Waals surface area contributed by atoms with Crippen LogP contribution in [0.2, 0.25) is 0 Å². The number of fused-ring (bicyclic) bond motifs is 2. The Balaban J connectivity index is 1.83. The molecule has 25 heavy (non-hydrogen) atoms. The molecule has 0 aliphatic carbocycles. The van der Waals surface area contributed by atoms with E-state index < -0.39 is 0 Å². The van der Waals surface area contributed by atoms with E-state index >= 15 is 0 Å². The molecule has 0 fully saturated rings. The van der Waals surface area contributed by atoms with E-state index in [1.807, 2.05) is 30.3 Å². The Morgan fingerprint density at radius 2 is 1.88 bits per heavy atom. The lowest BCUT2D eigenvalue weighted by Crippen LogP contribution is -2.17. The Morgan fingerprint density at radius 1 is 1.08 bits per heavy atom. The molecule has 0 spiro atoms. The van der Waals surface area contributed by atoms with Crippen molar-refractivity contribution in [3.05, 3.63) is 82.3 Å². The molecule has 5 heteroatoms. The van der Waals surface area contributed by atoms with E-state index in [2.05, 4.69) is 9.97 Å². The third kappa shape index (κ3) is 2.55. The first-order chi connectivity index (χ1) is 12.2. The van der Waals surface area contributed by atoms with Gasteiger partial charge in [0.15, 0.2) is 5.78 Å². The van der Waals surface area contributed by atoms with Crippen LogP contribution in [0.4, 0.5) is 0 Å². The number of H-pyrrole nitrogens is 1. The summed E-state index contributed by atoms with van der Waals surface area (Å²) in [5, 5.41) is 2.35. The number of hydrogen-bond acceptors (Lipinski definition) is 4. The van der Waals surface area contributed by atoms with Gasteiger partial charge in [0.05, 0.1) is 23.6 Å². The number of carbonyl (C=O) groups excluding carboxylic acids is 1. The maximum absolute atomic E-state index is 12.8. The summed E-state index contributed by atoms with van der Waals surface area (Å²) in [4.78, 5) is 32.5. The predicted molar refractivity (Wildman–Crippen MR) is 96.3 cm³/mol. The van der Waals surface area contributed by atoms with Crippen LogP contribution >= 0.6 is 0 Å². The summed E-state index contributed by atoms with van der Waals surface area (Å²) >= 11 is 0. The summed E-state index contributed by atoms with van der Waals surface area (Å²) in [6.07, 6.45) is 2.87. The second kappa shape index (κ2) is 5.87. The average Bonchev–Trinajstić information content (AvgIpc) is 2.67. The fourth-order valence-electron chi connectivity index (χ4n) is 2.86. The molecule has 2 heterocycles. The zero-order valence-electron chi connectivity index (χ0n) is 13.4. The molecule has 0 saturated heterocycles. The van der Waals surface area contributed by atoms with Crippen LogP contribution in [0.5, 0.6) is 5.88 Å². The SMILES string of the molecule is COc1cc2[nH]cc(C(=O)c3ccc4ccccc4c3)c(=O)c2cn1. The molecule has 4 aromatic rings. The number of pyridine rings is 2. The fraction of sp³-hybridized carbons (Fsp3) is 0.0500. The zero-order valence-corrected chi connectivity index (χ0v) is 13.4. The molecule has 0 aliphatic heterocycles. The summed E-state index contributed by atoms with van der Waals surface area (Å²) in [7, 11) is 1.50. The third-order valence-corrected chi connectivity index (χ3v) is 4.21. The molecular weight excluding hydrogens is 316 g/mol. The van der Waals surface area contributed by atoms with Gasteiger partial charge in [-0.2, -0.15) is 0 Å². The van der Waals surface area contributed by atoms with Gasteiger partial charge in [-0.15, -0.1) is 0 Å². The van der Waals surface area contributed by atoms with E-state index in [1.165, 1.54) is 19.5 Å². The number of nitrogens with zero attached hydrogens (tertiary/aromatic N) is 1. The fourth-order valence-corrected chi connectivity index (χ4v) is 2.86. The van der Waals surface area contributed by atoms with Crippen LogP contribution in [-0.4, -0.2) is 22.9 Å².